The lowest BCUT2D eigenvalue weighted by molar-refractivity contribution is -0.117. The van der Waals surface area contributed by atoms with Crippen molar-refractivity contribution in [2.75, 3.05) is 18.9 Å². The third-order valence-corrected chi connectivity index (χ3v) is 3.94. The molecule has 0 spiro atoms. The number of carbonyl (C=O) groups excluding carboxylic acids is 1. The lowest BCUT2D eigenvalue weighted by Gasteiger charge is -2.16. The first-order chi connectivity index (χ1) is 12.4. The summed E-state index contributed by atoms with van der Waals surface area (Å²) in [6.45, 7) is 0.259. The van der Waals surface area contributed by atoms with Gasteiger partial charge in [0.1, 0.15) is 11.6 Å². The number of aromatic nitrogens is 2. The number of anilines is 1. The number of fused-ring (bicyclic) bond motifs is 1. The van der Waals surface area contributed by atoms with Crippen molar-refractivity contribution in [3.05, 3.63) is 69.5 Å². The molecule has 0 atom stereocenters. The molecule has 6 nitrogen and oxygen atoms in total. The number of amides is 1. The van der Waals surface area contributed by atoms with Crippen molar-refractivity contribution in [3.63, 3.8) is 0 Å². The number of carbonyl (C=O) groups is 1. The van der Waals surface area contributed by atoms with Gasteiger partial charge in [0, 0.05) is 5.02 Å². The van der Waals surface area contributed by atoms with Crippen LogP contribution in [-0.2, 0) is 11.3 Å². The lowest BCUT2D eigenvalue weighted by atomic mass is 10.2. The topological polar surface area (TPSA) is 78.1 Å². The Hall–Kier alpha value is -2.77. The SMILES string of the molecule is CN(CC(=O)Nc1ccc(Cl)cc1F)Cc1nc2ccccc2c(=O)[nH]1. The summed E-state index contributed by atoms with van der Waals surface area (Å²) in [4.78, 5) is 32.9. The fourth-order valence-corrected chi connectivity index (χ4v) is 2.71. The van der Waals surface area contributed by atoms with Gasteiger partial charge in [-0.25, -0.2) is 9.37 Å². The summed E-state index contributed by atoms with van der Waals surface area (Å²) in [7, 11) is 1.70. The summed E-state index contributed by atoms with van der Waals surface area (Å²) in [6, 6.07) is 11.0. The normalized spacial score (nSPS) is 11.1. The first-order valence-electron chi connectivity index (χ1n) is 7.84. The van der Waals surface area contributed by atoms with Gasteiger partial charge in [-0.3, -0.25) is 14.5 Å². The number of para-hydroxylation sites is 1. The first kappa shape index (κ1) is 18.0. The number of H-pyrrole nitrogens is 1. The molecule has 3 aromatic rings. The Morgan fingerprint density at radius 1 is 1.31 bits per heavy atom. The number of nitrogens with one attached hydrogen (secondary N) is 2. The number of aromatic amines is 1. The monoisotopic (exact) mass is 374 g/mol. The van der Waals surface area contributed by atoms with E-state index in [1.165, 1.54) is 12.1 Å². The molecule has 1 amide bonds. The number of benzene rings is 2. The molecule has 26 heavy (non-hydrogen) atoms. The van der Waals surface area contributed by atoms with Crippen LogP contribution in [0.15, 0.2) is 47.3 Å². The van der Waals surface area contributed by atoms with Crippen LogP contribution in [0.25, 0.3) is 10.9 Å². The summed E-state index contributed by atoms with van der Waals surface area (Å²) < 4.78 is 13.7. The van der Waals surface area contributed by atoms with Gasteiger partial charge in [0.25, 0.3) is 5.56 Å². The summed E-state index contributed by atoms with van der Waals surface area (Å²) >= 11 is 5.69. The van der Waals surface area contributed by atoms with Crippen LogP contribution in [0, 0.1) is 5.82 Å². The van der Waals surface area contributed by atoms with Crippen molar-refractivity contribution in [2.24, 2.45) is 0 Å². The largest absolute Gasteiger partial charge is 0.322 e. The van der Waals surface area contributed by atoms with E-state index in [9.17, 15) is 14.0 Å². The number of likely N-dealkylation sites (N-methyl/N-ethyl adjacent to an activating group) is 1. The zero-order valence-electron chi connectivity index (χ0n) is 13.9. The average molecular weight is 375 g/mol. The van der Waals surface area contributed by atoms with Gasteiger partial charge < -0.3 is 10.3 Å². The Morgan fingerprint density at radius 2 is 2.08 bits per heavy atom. The van der Waals surface area contributed by atoms with Crippen LogP contribution in [-0.4, -0.2) is 34.4 Å². The molecule has 0 fully saturated rings. The third kappa shape index (κ3) is 4.25. The van der Waals surface area contributed by atoms with Crippen LogP contribution < -0.4 is 10.9 Å². The fraction of sp³-hybridized carbons (Fsp3) is 0.167. The van der Waals surface area contributed by atoms with Gasteiger partial charge in [-0.15, -0.1) is 0 Å². The van der Waals surface area contributed by atoms with Crippen LogP contribution in [0.5, 0.6) is 0 Å². The second kappa shape index (κ2) is 7.63. The summed E-state index contributed by atoms with van der Waals surface area (Å²) in [6.07, 6.45) is 0. The molecule has 3 rings (SSSR count). The van der Waals surface area contributed by atoms with Gasteiger partial charge in [0.05, 0.1) is 29.7 Å². The average Bonchev–Trinajstić information content (AvgIpc) is 2.57. The molecule has 0 unspecified atom stereocenters. The molecule has 1 heterocycles. The summed E-state index contributed by atoms with van der Waals surface area (Å²) in [5.41, 5.74) is 0.420. The van der Waals surface area contributed by atoms with E-state index < -0.39 is 11.7 Å². The minimum Gasteiger partial charge on any atom is -0.322 e. The molecule has 0 bridgehead atoms. The van der Waals surface area contributed by atoms with E-state index >= 15 is 0 Å². The van der Waals surface area contributed by atoms with Gasteiger partial charge in [-0.1, -0.05) is 23.7 Å². The van der Waals surface area contributed by atoms with Crippen LogP contribution in [0.4, 0.5) is 10.1 Å². The molecule has 2 N–H and O–H groups in total. The Morgan fingerprint density at radius 3 is 2.85 bits per heavy atom. The molecule has 134 valence electrons. The quantitative estimate of drug-likeness (QED) is 0.719. The highest BCUT2D eigenvalue weighted by molar-refractivity contribution is 6.30. The Bertz CT molecular complexity index is 1020. The van der Waals surface area contributed by atoms with Gasteiger partial charge in [0.15, 0.2) is 0 Å². The second-order valence-corrected chi connectivity index (χ2v) is 6.31. The Balaban J connectivity index is 1.66. The standard InChI is InChI=1S/C18H16ClFN4O2/c1-24(10-17(25)22-15-7-6-11(19)8-13(15)20)9-16-21-14-5-3-2-4-12(14)18(26)23-16/h2-8H,9-10H2,1H3,(H,22,25)(H,21,23,26). The minimum atomic E-state index is -0.603. The number of hydrogen-bond donors (Lipinski definition) is 2. The molecule has 0 saturated carbocycles. The maximum atomic E-state index is 13.7. The van der Waals surface area contributed by atoms with Gasteiger partial charge >= 0.3 is 0 Å². The van der Waals surface area contributed by atoms with E-state index in [-0.39, 0.29) is 29.4 Å². The molecule has 8 heteroatoms. The Kier molecular flexibility index (Phi) is 5.29. The maximum Gasteiger partial charge on any atom is 0.258 e. The lowest BCUT2D eigenvalue weighted by Crippen LogP contribution is -2.31. The highest BCUT2D eigenvalue weighted by Crippen LogP contribution is 2.18. The third-order valence-electron chi connectivity index (χ3n) is 3.70. The molecule has 1 aromatic heterocycles. The van der Waals surface area contributed by atoms with Crippen molar-refractivity contribution in [3.8, 4) is 0 Å². The van der Waals surface area contributed by atoms with Crippen LogP contribution >= 0.6 is 11.6 Å². The molecule has 0 radical (unpaired) electrons. The van der Waals surface area contributed by atoms with E-state index in [2.05, 4.69) is 15.3 Å². The molecular weight excluding hydrogens is 359 g/mol. The number of nitrogens with zero attached hydrogens (tertiary/aromatic N) is 2. The molecule has 2 aromatic carbocycles. The van der Waals surface area contributed by atoms with Crippen molar-refractivity contribution in [2.45, 2.75) is 6.54 Å². The predicted molar refractivity (Wildman–Crippen MR) is 98.7 cm³/mol. The molecule has 0 aliphatic heterocycles. The highest BCUT2D eigenvalue weighted by Gasteiger charge is 2.12. The Labute approximate surface area is 153 Å². The van der Waals surface area contributed by atoms with Crippen molar-refractivity contribution >= 4 is 34.1 Å². The van der Waals surface area contributed by atoms with E-state index in [1.54, 1.807) is 36.2 Å². The molecule has 0 aliphatic rings. The van der Waals surface area contributed by atoms with Crippen molar-refractivity contribution in [1.82, 2.24) is 14.9 Å². The summed E-state index contributed by atoms with van der Waals surface area (Å²) in [5.74, 6) is -0.549. The van der Waals surface area contributed by atoms with Crippen LogP contribution in [0.2, 0.25) is 5.02 Å². The zero-order valence-corrected chi connectivity index (χ0v) is 14.7. The van der Waals surface area contributed by atoms with E-state index in [0.717, 1.165) is 6.07 Å². The number of halogens is 2. The smallest absolute Gasteiger partial charge is 0.258 e. The van der Waals surface area contributed by atoms with Gasteiger partial charge in [-0.05, 0) is 37.4 Å². The first-order valence-corrected chi connectivity index (χ1v) is 8.21. The maximum absolute atomic E-state index is 13.7. The van der Waals surface area contributed by atoms with E-state index in [0.29, 0.717) is 16.7 Å². The van der Waals surface area contributed by atoms with Gasteiger partial charge in [0.2, 0.25) is 5.91 Å². The van der Waals surface area contributed by atoms with E-state index in [1.807, 2.05) is 0 Å². The van der Waals surface area contributed by atoms with Crippen molar-refractivity contribution < 1.29 is 9.18 Å². The molecular formula is C18H16ClFN4O2. The fourth-order valence-electron chi connectivity index (χ4n) is 2.55. The van der Waals surface area contributed by atoms with E-state index in [4.69, 9.17) is 11.6 Å². The molecule has 0 saturated heterocycles. The number of rotatable bonds is 5. The summed E-state index contributed by atoms with van der Waals surface area (Å²) in [5, 5.41) is 3.25. The van der Waals surface area contributed by atoms with Gasteiger partial charge in [-0.2, -0.15) is 0 Å². The van der Waals surface area contributed by atoms with Crippen LogP contribution in [0.3, 0.4) is 0 Å². The minimum absolute atomic E-state index is 0.00139. The predicted octanol–water partition coefficient (Wildman–Crippen LogP) is 2.79. The number of hydrogen-bond acceptors (Lipinski definition) is 4. The highest BCUT2D eigenvalue weighted by atomic mass is 35.5. The second-order valence-electron chi connectivity index (χ2n) is 5.87. The van der Waals surface area contributed by atoms with Crippen molar-refractivity contribution in [1.29, 1.82) is 0 Å². The van der Waals surface area contributed by atoms with Crippen LogP contribution in [0.1, 0.15) is 5.82 Å². The molecule has 0 aliphatic carbocycles. The zero-order chi connectivity index (χ0) is 18.7.